The number of hydrogen-bond acceptors (Lipinski definition) is 5. The Balaban J connectivity index is 0.000000860. The van der Waals surface area contributed by atoms with Crippen LogP contribution in [0.5, 0.6) is 0 Å². The van der Waals surface area contributed by atoms with Crippen LogP contribution in [0.15, 0.2) is 4.99 Å². The molecule has 9 nitrogen and oxygen atoms in total. The fourth-order valence-electron chi connectivity index (χ4n) is 4.53. The lowest BCUT2D eigenvalue weighted by Crippen LogP contribution is -2.36. The lowest BCUT2D eigenvalue weighted by molar-refractivity contribution is -0.142. The number of aliphatic carboxylic acids is 2. The van der Waals surface area contributed by atoms with Crippen LogP contribution in [0.1, 0.15) is 122 Å². The Bertz CT molecular complexity index is 585. The third-order valence-electron chi connectivity index (χ3n) is 6.73. The van der Waals surface area contributed by atoms with Crippen LogP contribution in [-0.2, 0) is 9.59 Å². The molecule has 0 aromatic heterocycles. The van der Waals surface area contributed by atoms with Crippen molar-refractivity contribution in [3.63, 3.8) is 0 Å². The lowest BCUT2D eigenvalue weighted by atomic mass is 10.0. The number of nitrogens with two attached hydrogens (primary N) is 3. The molecule has 0 aromatic carbocycles. The number of hydrogen-bond donors (Lipinski definition) is 5. The summed E-state index contributed by atoms with van der Waals surface area (Å²) in [5.41, 5.74) is 15.3. The molecular weight excluding hydrogens is 458 g/mol. The zero-order chi connectivity index (χ0) is 27.0. The first kappa shape index (κ1) is 34.1. The summed E-state index contributed by atoms with van der Waals surface area (Å²) in [5, 5.41) is 17.5. The van der Waals surface area contributed by atoms with E-state index in [1.165, 1.54) is 89.9 Å². The van der Waals surface area contributed by atoms with Gasteiger partial charge in [-0.1, -0.05) is 90.4 Å². The van der Waals surface area contributed by atoms with E-state index in [-0.39, 0.29) is 12.0 Å². The largest absolute Gasteiger partial charge is 0.480 e. The number of likely N-dealkylation sites (tertiary alicyclic amines) is 1. The number of unbranched alkanes of at least 4 members (excludes halogenated alkanes) is 13. The molecule has 1 rings (SSSR count). The van der Waals surface area contributed by atoms with E-state index in [9.17, 15) is 9.59 Å². The highest BCUT2D eigenvalue weighted by molar-refractivity contribution is 5.75. The van der Waals surface area contributed by atoms with E-state index in [4.69, 9.17) is 27.4 Å². The van der Waals surface area contributed by atoms with Crippen LogP contribution in [0.25, 0.3) is 0 Å². The molecule has 1 aliphatic rings. The van der Waals surface area contributed by atoms with Gasteiger partial charge in [0.1, 0.15) is 12.1 Å². The van der Waals surface area contributed by atoms with Crippen molar-refractivity contribution in [2.75, 3.05) is 19.6 Å². The minimum atomic E-state index is -1.00. The van der Waals surface area contributed by atoms with E-state index in [1.807, 2.05) is 0 Å². The molecule has 0 amide bonds. The summed E-state index contributed by atoms with van der Waals surface area (Å²) >= 11 is 0. The van der Waals surface area contributed by atoms with E-state index in [2.05, 4.69) is 16.8 Å². The van der Waals surface area contributed by atoms with Crippen LogP contribution in [0.3, 0.4) is 0 Å². The smallest absolute Gasteiger partial charge is 0.320 e. The van der Waals surface area contributed by atoms with Crippen LogP contribution in [0.4, 0.5) is 0 Å². The van der Waals surface area contributed by atoms with Crippen molar-refractivity contribution < 1.29 is 19.8 Å². The van der Waals surface area contributed by atoms with Gasteiger partial charge in [0.2, 0.25) is 0 Å². The Hall–Kier alpha value is -1.87. The molecule has 8 N–H and O–H groups in total. The second-order valence-corrected chi connectivity index (χ2v) is 10.0. The number of nitrogens with zero attached hydrogens (tertiary/aromatic N) is 2. The number of rotatable bonds is 21. The quantitative estimate of drug-likeness (QED) is 0.0850. The molecule has 9 heteroatoms. The van der Waals surface area contributed by atoms with E-state index in [0.29, 0.717) is 19.4 Å². The maximum absolute atomic E-state index is 11.1. The van der Waals surface area contributed by atoms with Crippen molar-refractivity contribution in [1.82, 2.24) is 4.90 Å². The third kappa shape index (κ3) is 20.3. The molecule has 0 radical (unpaired) electrons. The Morgan fingerprint density at radius 1 is 0.861 bits per heavy atom. The molecule has 1 heterocycles. The summed E-state index contributed by atoms with van der Waals surface area (Å²) in [6.45, 7) is 4.66. The van der Waals surface area contributed by atoms with Crippen LogP contribution in [0, 0.1) is 0 Å². The zero-order valence-corrected chi connectivity index (χ0v) is 22.8. The van der Waals surface area contributed by atoms with Crippen molar-refractivity contribution in [1.29, 1.82) is 0 Å². The number of carbonyl (C=O) groups is 2. The molecule has 1 saturated heterocycles. The standard InChI is InChI=1S/C21H41NO2.C6H14N4O2/c1-2-3-4-5-6-7-8-9-10-11-12-13-14-15-18-22-19-16-17-20(22)21(23)24;7-4(5(11)12)2-1-3-10-6(8)9/h20H,2-19H2,1H3,(H,23,24);4H,1-3,7H2,(H,11,12)(H4,8,9,10)/t20-;4-/m00/s1. The van der Waals surface area contributed by atoms with Gasteiger partial charge in [0.25, 0.3) is 0 Å². The van der Waals surface area contributed by atoms with Crippen LogP contribution in [-0.4, -0.2) is 64.7 Å². The van der Waals surface area contributed by atoms with Gasteiger partial charge in [-0.15, -0.1) is 0 Å². The summed E-state index contributed by atoms with van der Waals surface area (Å²) in [6.07, 6.45) is 22.1. The minimum absolute atomic E-state index is 0.0129. The lowest BCUT2D eigenvalue weighted by Gasteiger charge is -2.20. The highest BCUT2D eigenvalue weighted by Crippen LogP contribution is 2.18. The molecule has 212 valence electrons. The fourth-order valence-corrected chi connectivity index (χ4v) is 4.53. The number of aliphatic imine (C=N–C) groups is 1. The SMILES string of the molecule is CCCCCCCCCCCCCCCCN1CCC[C@H]1C(=O)O.NC(N)=NCCC[C@H](N)C(=O)O. The Kier molecular flexibility index (Phi) is 22.3. The average Bonchev–Trinajstić information content (AvgIpc) is 3.31. The van der Waals surface area contributed by atoms with Gasteiger partial charge in [0.05, 0.1) is 0 Å². The molecule has 0 saturated carbocycles. The van der Waals surface area contributed by atoms with Gasteiger partial charge in [-0.2, -0.15) is 0 Å². The topological polar surface area (TPSA) is 168 Å². The number of carboxylic acid groups (broad SMARTS) is 2. The molecule has 0 unspecified atom stereocenters. The number of guanidine groups is 1. The van der Waals surface area contributed by atoms with Crippen LogP contribution < -0.4 is 17.2 Å². The Labute approximate surface area is 219 Å². The average molecular weight is 514 g/mol. The van der Waals surface area contributed by atoms with E-state index >= 15 is 0 Å². The second-order valence-electron chi connectivity index (χ2n) is 10.0. The van der Waals surface area contributed by atoms with E-state index in [0.717, 1.165) is 25.9 Å². The van der Waals surface area contributed by atoms with Crippen LogP contribution in [0.2, 0.25) is 0 Å². The maximum atomic E-state index is 11.1. The minimum Gasteiger partial charge on any atom is -0.480 e. The zero-order valence-electron chi connectivity index (χ0n) is 22.8. The monoisotopic (exact) mass is 513 g/mol. The van der Waals surface area contributed by atoms with Gasteiger partial charge in [0, 0.05) is 6.54 Å². The third-order valence-corrected chi connectivity index (χ3v) is 6.73. The summed E-state index contributed by atoms with van der Waals surface area (Å²) < 4.78 is 0. The predicted molar refractivity (Wildman–Crippen MR) is 148 cm³/mol. The summed E-state index contributed by atoms with van der Waals surface area (Å²) in [7, 11) is 0. The first-order valence-electron chi connectivity index (χ1n) is 14.3. The molecule has 2 atom stereocenters. The maximum Gasteiger partial charge on any atom is 0.320 e. The normalized spacial score (nSPS) is 16.2. The summed E-state index contributed by atoms with van der Waals surface area (Å²) in [4.78, 5) is 27.2. The van der Waals surface area contributed by atoms with Crippen molar-refractivity contribution in [2.24, 2.45) is 22.2 Å². The molecule has 0 aliphatic carbocycles. The Morgan fingerprint density at radius 3 is 1.81 bits per heavy atom. The van der Waals surface area contributed by atoms with Crippen molar-refractivity contribution >= 4 is 17.9 Å². The predicted octanol–water partition coefficient (Wildman–Crippen LogP) is 4.47. The molecule has 1 aliphatic heterocycles. The van der Waals surface area contributed by atoms with Crippen molar-refractivity contribution in [2.45, 2.75) is 135 Å². The fraction of sp³-hybridized carbons (Fsp3) is 0.889. The molecule has 0 spiro atoms. The summed E-state index contributed by atoms with van der Waals surface area (Å²) in [5.74, 6) is -1.61. The molecule has 1 fully saturated rings. The van der Waals surface area contributed by atoms with Gasteiger partial charge >= 0.3 is 11.9 Å². The van der Waals surface area contributed by atoms with Gasteiger partial charge < -0.3 is 27.4 Å². The molecule has 0 aromatic rings. The molecule has 0 bridgehead atoms. The van der Waals surface area contributed by atoms with Gasteiger partial charge in [0.15, 0.2) is 5.96 Å². The Morgan fingerprint density at radius 2 is 1.36 bits per heavy atom. The molecule has 36 heavy (non-hydrogen) atoms. The highest BCUT2D eigenvalue weighted by atomic mass is 16.4. The van der Waals surface area contributed by atoms with Gasteiger partial charge in [-0.3, -0.25) is 19.5 Å². The second kappa shape index (κ2) is 23.5. The summed E-state index contributed by atoms with van der Waals surface area (Å²) in [6, 6.07) is -1.02. The van der Waals surface area contributed by atoms with Crippen molar-refractivity contribution in [3.05, 3.63) is 0 Å². The van der Waals surface area contributed by atoms with Gasteiger partial charge in [-0.25, -0.2) is 0 Å². The first-order chi connectivity index (χ1) is 17.3. The van der Waals surface area contributed by atoms with Crippen LogP contribution >= 0.6 is 0 Å². The number of carboxylic acids is 2. The molecular formula is C27H55N5O4. The first-order valence-corrected chi connectivity index (χ1v) is 14.3. The van der Waals surface area contributed by atoms with E-state index < -0.39 is 18.0 Å². The van der Waals surface area contributed by atoms with Crippen molar-refractivity contribution in [3.8, 4) is 0 Å². The van der Waals surface area contributed by atoms with Gasteiger partial charge in [-0.05, 0) is 45.2 Å². The van der Waals surface area contributed by atoms with E-state index in [1.54, 1.807) is 0 Å². The highest BCUT2D eigenvalue weighted by Gasteiger charge is 2.29.